The third-order valence-corrected chi connectivity index (χ3v) is 3.06. The summed E-state index contributed by atoms with van der Waals surface area (Å²) in [7, 11) is 0. The Balaban J connectivity index is 2.88. The van der Waals surface area contributed by atoms with Gasteiger partial charge in [-0.2, -0.15) is 0 Å². The molecule has 0 heterocycles. The van der Waals surface area contributed by atoms with Crippen LogP contribution in [0.25, 0.3) is 0 Å². The van der Waals surface area contributed by atoms with Crippen LogP contribution in [0.4, 0.5) is 0 Å². The van der Waals surface area contributed by atoms with Crippen molar-refractivity contribution in [3.05, 3.63) is 33.8 Å². The summed E-state index contributed by atoms with van der Waals surface area (Å²) in [6.45, 7) is 8.24. The number of hydrogen-bond acceptors (Lipinski definition) is 1. The zero-order valence-electron chi connectivity index (χ0n) is 9.73. The molecule has 0 aromatic heterocycles. The Morgan fingerprint density at radius 3 is 2.40 bits per heavy atom. The van der Waals surface area contributed by atoms with Crippen LogP contribution in [0.2, 0.25) is 0 Å². The van der Waals surface area contributed by atoms with E-state index in [1.54, 1.807) is 0 Å². The number of halogens is 1. The summed E-state index contributed by atoms with van der Waals surface area (Å²) in [5, 5.41) is 0. The van der Waals surface area contributed by atoms with Crippen LogP contribution in [-0.2, 0) is 0 Å². The molecule has 0 radical (unpaired) electrons. The van der Waals surface area contributed by atoms with Gasteiger partial charge < -0.3 is 0 Å². The number of rotatable bonds is 2. The predicted octanol–water partition coefficient (Wildman–Crippen LogP) is 4.38. The molecule has 0 aliphatic rings. The van der Waals surface area contributed by atoms with Crippen LogP contribution in [-0.4, -0.2) is 5.78 Å². The van der Waals surface area contributed by atoms with E-state index in [9.17, 15) is 4.79 Å². The second-order valence-corrected chi connectivity index (χ2v) is 5.98. The number of Topliss-reactive ketones (excluding diaryl/α,β-unsaturated/α-hetero) is 1. The lowest BCUT2D eigenvalue weighted by molar-refractivity contribution is 0.0940. The lowest BCUT2D eigenvalue weighted by Crippen LogP contribution is -2.13. The average molecular weight is 269 g/mol. The molecule has 0 aliphatic carbocycles. The second kappa shape index (κ2) is 4.48. The van der Waals surface area contributed by atoms with Crippen molar-refractivity contribution in [2.45, 2.75) is 34.1 Å². The molecule has 1 aromatic rings. The normalized spacial score (nSPS) is 11.5. The number of aryl methyl sites for hydroxylation is 1. The molecular weight excluding hydrogens is 252 g/mol. The first-order valence-corrected chi connectivity index (χ1v) is 5.88. The molecule has 0 saturated carbocycles. The van der Waals surface area contributed by atoms with Gasteiger partial charge in [-0.05, 0) is 30.0 Å². The van der Waals surface area contributed by atoms with Gasteiger partial charge in [0.15, 0.2) is 5.78 Å². The molecule has 0 saturated heterocycles. The monoisotopic (exact) mass is 268 g/mol. The van der Waals surface area contributed by atoms with Gasteiger partial charge in [0.25, 0.3) is 0 Å². The number of carbonyl (C=O) groups is 1. The number of ketones is 1. The van der Waals surface area contributed by atoms with Gasteiger partial charge in [0, 0.05) is 16.5 Å². The minimum atomic E-state index is 0.0536. The van der Waals surface area contributed by atoms with Crippen molar-refractivity contribution < 1.29 is 4.79 Å². The van der Waals surface area contributed by atoms with Gasteiger partial charge in [-0.3, -0.25) is 4.79 Å². The molecule has 0 fully saturated rings. The van der Waals surface area contributed by atoms with E-state index in [4.69, 9.17) is 0 Å². The van der Waals surface area contributed by atoms with Crippen LogP contribution in [0.3, 0.4) is 0 Å². The van der Waals surface area contributed by atoms with E-state index in [1.807, 2.05) is 25.1 Å². The highest BCUT2D eigenvalue weighted by Crippen LogP contribution is 2.23. The van der Waals surface area contributed by atoms with E-state index in [-0.39, 0.29) is 11.2 Å². The highest BCUT2D eigenvalue weighted by molar-refractivity contribution is 9.10. The maximum atomic E-state index is 11.9. The first kappa shape index (κ1) is 12.4. The van der Waals surface area contributed by atoms with E-state index in [0.29, 0.717) is 6.42 Å². The largest absolute Gasteiger partial charge is 0.294 e. The highest BCUT2D eigenvalue weighted by atomic mass is 79.9. The average Bonchev–Trinajstić information content (AvgIpc) is 2.06. The molecule has 15 heavy (non-hydrogen) atoms. The second-order valence-electron chi connectivity index (χ2n) is 5.12. The molecule has 0 spiro atoms. The predicted molar refractivity (Wildman–Crippen MR) is 67.3 cm³/mol. The Morgan fingerprint density at radius 2 is 1.93 bits per heavy atom. The highest BCUT2D eigenvalue weighted by Gasteiger charge is 2.17. The van der Waals surface area contributed by atoms with Crippen LogP contribution < -0.4 is 0 Å². The van der Waals surface area contributed by atoms with Crippen molar-refractivity contribution in [1.29, 1.82) is 0 Å². The van der Waals surface area contributed by atoms with E-state index >= 15 is 0 Å². The van der Waals surface area contributed by atoms with Gasteiger partial charge in [-0.25, -0.2) is 0 Å². The van der Waals surface area contributed by atoms with Crippen LogP contribution in [0.5, 0.6) is 0 Å². The molecular formula is C13H17BrO. The quantitative estimate of drug-likeness (QED) is 0.728. The van der Waals surface area contributed by atoms with Crippen molar-refractivity contribution in [3.63, 3.8) is 0 Å². The molecule has 1 aromatic carbocycles. The van der Waals surface area contributed by atoms with Crippen molar-refractivity contribution in [2.24, 2.45) is 5.41 Å². The maximum Gasteiger partial charge on any atom is 0.163 e. The smallest absolute Gasteiger partial charge is 0.163 e. The van der Waals surface area contributed by atoms with E-state index < -0.39 is 0 Å². The lowest BCUT2D eigenvalue weighted by atomic mass is 9.87. The summed E-state index contributed by atoms with van der Waals surface area (Å²) in [4.78, 5) is 11.9. The lowest BCUT2D eigenvalue weighted by Gasteiger charge is -2.16. The van der Waals surface area contributed by atoms with Crippen LogP contribution in [0.1, 0.15) is 43.1 Å². The van der Waals surface area contributed by atoms with Crippen LogP contribution >= 0.6 is 15.9 Å². The number of hydrogen-bond donors (Lipinski definition) is 0. The van der Waals surface area contributed by atoms with Crippen molar-refractivity contribution in [2.75, 3.05) is 0 Å². The van der Waals surface area contributed by atoms with Crippen molar-refractivity contribution in [3.8, 4) is 0 Å². The Kier molecular flexibility index (Phi) is 3.72. The standard InChI is InChI=1S/C13H17BrO/c1-9-7-10(5-6-11(9)14)12(15)8-13(2,3)4/h5-7H,8H2,1-4H3. The number of benzene rings is 1. The Labute approximate surface area is 100 Å². The van der Waals surface area contributed by atoms with Crippen molar-refractivity contribution in [1.82, 2.24) is 0 Å². The summed E-state index contributed by atoms with van der Waals surface area (Å²) in [6, 6.07) is 5.76. The summed E-state index contributed by atoms with van der Waals surface area (Å²) < 4.78 is 1.05. The minimum Gasteiger partial charge on any atom is -0.294 e. The molecule has 1 rings (SSSR count). The molecule has 2 heteroatoms. The Hall–Kier alpha value is -0.630. The fraction of sp³-hybridized carbons (Fsp3) is 0.462. The zero-order chi connectivity index (χ0) is 11.6. The summed E-state index contributed by atoms with van der Waals surface area (Å²) in [6.07, 6.45) is 0.591. The molecule has 0 bridgehead atoms. The summed E-state index contributed by atoms with van der Waals surface area (Å²) in [5.74, 6) is 0.220. The van der Waals surface area contributed by atoms with Gasteiger partial charge in [0.2, 0.25) is 0 Å². The van der Waals surface area contributed by atoms with Gasteiger partial charge in [-0.15, -0.1) is 0 Å². The molecule has 0 atom stereocenters. The van der Waals surface area contributed by atoms with Gasteiger partial charge in [0.1, 0.15) is 0 Å². The van der Waals surface area contributed by atoms with E-state index in [2.05, 4.69) is 36.7 Å². The summed E-state index contributed by atoms with van der Waals surface area (Å²) in [5.41, 5.74) is 1.97. The van der Waals surface area contributed by atoms with E-state index in [1.165, 1.54) is 0 Å². The Bertz CT molecular complexity index is 375. The van der Waals surface area contributed by atoms with Gasteiger partial charge in [0.05, 0.1) is 0 Å². The third-order valence-electron chi connectivity index (χ3n) is 2.17. The fourth-order valence-corrected chi connectivity index (χ4v) is 1.65. The molecule has 1 nitrogen and oxygen atoms in total. The first-order chi connectivity index (χ1) is 6.79. The molecule has 82 valence electrons. The van der Waals surface area contributed by atoms with Crippen molar-refractivity contribution >= 4 is 21.7 Å². The number of carbonyl (C=O) groups excluding carboxylic acids is 1. The molecule has 0 N–H and O–H groups in total. The van der Waals surface area contributed by atoms with Crippen LogP contribution in [0.15, 0.2) is 22.7 Å². The van der Waals surface area contributed by atoms with Gasteiger partial charge >= 0.3 is 0 Å². The zero-order valence-corrected chi connectivity index (χ0v) is 11.3. The fourth-order valence-electron chi connectivity index (χ4n) is 1.40. The van der Waals surface area contributed by atoms with Gasteiger partial charge in [-0.1, -0.05) is 42.8 Å². The van der Waals surface area contributed by atoms with Crippen LogP contribution in [0, 0.1) is 12.3 Å². The SMILES string of the molecule is Cc1cc(C(=O)CC(C)(C)C)ccc1Br. The molecule has 0 aliphatic heterocycles. The van der Waals surface area contributed by atoms with E-state index in [0.717, 1.165) is 15.6 Å². The maximum absolute atomic E-state index is 11.9. The Morgan fingerprint density at radius 1 is 1.33 bits per heavy atom. The molecule has 0 amide bonds. The molecule has 0 unspecified atom stereocenters. The third kappa shape index (κ3) is 3.78. The topological polar surface area (TPSA) is 17.1 Å². The summed E-state index contributed by atoms with van der Waals surface area (Å²) >= 11 is 3.43. The first-order valence-electron chi connectivity index (χ1n) is 5.09. The minimum absolute atomic E-state index is 0.0536.